The van der Waals surface area contributed by atoms with E-state index in [1.807, 2.05) is 12.2 Å². The maximum Gasteiger partial charge on any atom is 0.152 e. The summed E-state index contributed by atoms with van der Waals surface area (Å²) >= 11 is 0. The highest BCUT2D eigenvalue weighted by Gasteiger charge is 2.53. The van der Waals surface area contributed by atoms with Crippen LogP contribution in [0.1, 0.15) is 82.5 Å². The molecule has 0 aliphatic heterocycles. The van der Waals surface area contributed by atoms with Gasteiger partial charge in [-0.1, -0.05) is 52.7 Å². The summed E-state index contributed by atoms with van der Waals surface area (Å²) in [5, 5.41) is 0. The summed E-state index contributed by atoms with van der Waals surface area (Å²) in [5.74, 6) is 4.94. The Morgan fingerprint density at radius 2 is 1.11 bits per heavy atom. The number of allylic oxidation sites excluding steroid dienone is 4. The first-order chi connectivity index (χ1) is 12.9. The molecule has 0 radical (unpaired) electrons. The maximum absolute atomic E-state index is 11.1. The second kappa shape index (κ2) is 7.26. The molecule has 0 aromatic rings. The minimum absolute atomic E-state index is 0. The van der Waals surface area contributed by atoms with Crippen molar-refractivity contribution >= 4 is 11.6 Å². The molecule has 4 saturated carbocycles. The molecule has 4 aliphatic carbocycles. The zero-order valence-corrected chi connectivity index (χ0v) is 19.3. The van der Waals surface area contributed by atoms with E-state index in [1.165, 1.54) is 36.8 Å². The SMILES string of the molecule is CC(=O)/C=C1/CC2CC1C(C)C2(C)C.CC(=O)/C=C1/CC2CC1C(C)C2(C)C.[HH]. The summed E-state index contributed by atoms with van der Waals surface area (Å²) in [5.41, 5.74) is 3.82. The molecular formula is C26H42O2. The largest absolute Gasteiger partial charge is 0.295 e. The zero-order valence-electron chi connectivity index (χ0n) is 19.3. The van der Waals surface area contributed by atoms with E-state index in [4.69, 9.17) is 0 Å². The minimum atomic E-state index is 0. The lowest BCUT2D eigenvalue weighted by atomic mass is 9.68. The predicted molar refractivity (Wildman–Crippen MR) is 118 cm³/mol. The fraction of sp³-hybridized carbons (Fsp3) is 0.769. The number of fused-ring (bicyclic) bond motifs is 4. The normalized spacial score (nSPS) is 42.0. The van der Waals surface area contributed by atoms with E-state index in [2.05, 4.69) is 41.5 Å². The van der Waals surface area contributed by atoms with Gasteiger partial charge < -0.3 is 0 Å². The van der Waals surface area contributed by atoms with Crippen LogP contribution in [-0.4, -0.2) is 11.6 Å². The van der Waals surface area contributed by atoms with Crippen molar-refractivity contribution < 1.29 is 11.0 Å². The lowest BCUT2D eigenvalue weighted by Crippen LogP contribution is -2.29. The molecule has 0 heterocycles. The van der Waals surface area contributed by atoms with Crippen molar-refractivity contribution in [1.29, 1.82) is 0 Å². The van der Waals surface area contributed by atoms with Crippen molar-refractivity contribution in [3.05, 3.63) is 23.3 Å². The van der Waals surface area contributed by atoms with E-state index in [0.29, 0.717) is 22.7 Å². The molecule has 0 spiro atoms. The molecular weight excluding hydrogens is 344 g/mol. The number of hydrogen-bond acceptors (Lipinski definition) is 2. The van der Waals surface area contributed by atoms with Gasteiger partial charge in [0.15, 0.2) is 11.6 Å². The first-order valence-electron chi connectivity index (χ1n) is 11.3. The molecule has 0 amide bonds. The van der Waals surface area contributed by atoms with Crippen LogP contribution in [0.5, 0.6) is 0 Å². The van der Waals surface area contributed by atoms with Crippen LogP contribution in [0.25, 0.3) is 0 Å². The molecule has 6 unspecified atom stereocenters. The number of carbonyl (C=O) groups is 2. The van der Waals surface area contributed by atoms with Gasteiger partial charge in [-0.3, -0.25) is 9.59 Å². The molecule has 0 N–H and O–H groups in total. The molecule has 0 aromatic heterocycles. The van der Waals surface area contributed by atoms with Crippen molar-refractivity contribution in [3.8, 4) is 0 Å². The second-order valence-corrected chi connectivity index (χ2v) is 11.4. The molecule has 4 rings (SSSR count). The monoisotopic (exact) mass is 386 g/mol. The number of carbonyl (C=O) groups excluding carboxylic acids is 2. The molecule has 6 atom stereocenters. The van der Waals surface area contributed by atoms with Crippen LogP contribution >= 0.6 is 0 Å². The van der Waals surface area contributed by atoms with E-state index in [9.17, 15) is 9.59 Å². The Balaban J connectivity index is 0.000000200. The highest BCUT2D eigenvalue weighted by molar-refractivity contribution is 5.88. The summed E-state index contributed by atoms with van der Waals surface area (Å²) in [6, 6.07) is 0. The van der Waals surface area contributed by atoms with Crippen molar-refractivity contribution in [2.75, 3.05) is 0 Å². The van der Waals surface area contributed by atoms with Crippen molar-refractivity contribution in [3.63, 3.8) is 0 Å². The topological polar surface area (TPSA) is 34.1 Å². The summed E-state index contributed by atoms with van der Waals surface area (Å²) < 4.78 is 0. The van der Waals surface area contributed by atoms with Gasteiger partial charge in [-0.05, 0) is 98.0 Å². The van der Waals surface area contributed by atoms with Crippen LogP contribution in [0.4, 0.5) is 0 Å². The second-order valence-electron chi connectivity index (χ2n) is 11.4. The van der Waals surface area contributed by atoms with Gasteiger partial charge >= 0.3 is 0 Å². The van der Waals surface area contributed by atoms with Crippen LogP contribution in [0.2, 0.25) is 0 Å². The van der Waals surface area contributed by atoms with E-state index in [-0.39, 0.29) is 13.0 Å². The van der Waals surface area contributed by atoms with Gasteiger partial charge in [-0.2, -0.15) is 0 Å². The third-order valence-electron chi connectivity index (χ3n) is 9.43. The molecule has 4 bridgehead atoms. The molecule has 0 aromatic carbocycles. The van der Waals surface area contributed by atoms with Gasteiger partial charge in [0, 0.05) is 1.43 Å². The average molecular weight is 387 g/mol. The maximum atomic E-state index is 11.1. The van der Waals surface area contributed by atoms with E-state index >= 15 is 0 Å². The number of ketones is 2. The van der Waals surface area contributed by atoms with Crippen molar-refractivity contribution in [1.82, 2.24) is 0 Å². The Labute approximate surface area is 173 Å². The lowest BCUT2D eigenvalue weighted by molar-refractivity contribution is -0.113. The molecule has 4 fully saturated rings. The summed E-state index contributed by atoms with van der Waals surface area (Å²) in [6.07, 6.45) is 8.73. The molecule has 4 aliphatic rings. The minimum Gasteiger partial charge on any atom is -0.295 e. The lowest BCUT2D eigenvalue weighted by Gasteiger charge is -2.37. The van der Waals surface area contributed by atoms with Gasteiger partial charge in [0.1, 0.15) is 0 Å². The van der Waals surface area contributed by atoms with E-state index < -0.39 is 0 Å². The van der Waals surface area contributed by atoms with Crippen LogP contribution in [0, 0.1) is 46.3 Å². The van der Waals surface area contributed by atoms with Crippen LogP contribution in [0.3, 0.4) is 0 Å². The smallest absolute Gasteiger partial charge is 0.152 e. The Kier molecular flexibility index (Phi) is 5.58. The zero-order chi connectivity index (χ0) is 21.0. The Morgan fingerprint density at radius 1 is 0.786 bits per heavy atom. The van der Waals surface area contributed by atoms with Gasteiger partial charge in [0.25, 0.3) is 0 Å². The number of rotatable bonds is 2. The molecule has 0 saturated heterocycles. The van der Waals surface area contributed by atoms with Crippen molar-refractivity contribution in [2.24, 2.45) is 46.3 Å². The fourth-order valence-corrected chi connectivity index (χ4v) is 6.77. The Morgan fingerprint density at radius 3 is 1.32 bits per heavy atom. The highest BCUT2D eigenvalue weighted by Crippen LogP contribution is 2.62. The Hall–Kier alpha value is -1.18. The van der Waals surface area contributed by atoms with Crippen molar-refractivity contribution in [2.45, 2.75) is 81.1 Å². The Bertz CT molecular complexity index is 657. The quantitative estimate of drug-likeness (QED) is 0.498. The van der Waals surface area contributed by atoms with Gasteiger partial charge in [0.05, 0.1) is 0 Å². The van der Waals surface area contributed by atoms with E-state index in [1.54, 1.807) is 13.8 Å². The molecule has 158 valence electrons. The van der Waals surface area contributed by atoms with Gasteiger partial charge in [0.2, 0.25) is 0 Å². The summed E-state index contributed by atoms with van der Waals surface area (Å²) in [6.45, 7) is 17.5. The molecule has 2 nitrogen and oxygen atoms in total. The van der Waals surface area contributed by atoms with Crippen LogP contribution in [0.15, 0.2) is 23.3 Å². The first-order valence-corrected chi connectivity index (χ1v) is 11.3. The number of hydrogen-bond donors (Lipinski definition) is 0. The average Bonchev–Trinajstić information content (AvgIpc) is 3.25. The summed E-state index contributed by atoms with van der Waals surface area (Å²) in [7, 11) is 0. The summed E-state index contributed by atoms with van der Waals surface area (Å²) in [4.78, 5) is 22.1. The third-order valence-corrected chi connectivity index (χ3v) is 9.43. The van der Waals surface area contributed by atoms with Crippen LogP contribution in [-0.2, 0) is 9.59 Å². The molecule has 28 heavy (non-hydrogen) atoms. The predicted octanol–water partition coefficient (Wildman–Crippen LogP) is 6.65. The van der Waals surface area contributed by atoms with Gasteiger partial charge in [-0.25, -0.2) is 0 Å². The fourth-order valence-electron chi connectivity index (χ4n) is 6.77. The van der Waals surface area contributed by atoms with Gasteiger partial charge in [-0.15, -0.1) is 0 Å². The van der Waals surface area contributed by atoms with E-state index in [0.717, 1.165) is 23.7 Å². The van der Waals surface area contributed by atoms with Crippen LogP contribution < -0.4 is 0 Å². The molecule has 2 heteroatoms. The first kappa shape index (κ1) is 21.5. The third kappa shape index (κ3) is 3.57. The highest BCUT2D eigenvalue weighted by atomic mass is 16.1. The standard InChI is InChI=1S/2C13H20O.H2/c2*1-8(14)5-10-6-11-7-12(10)9(2)13(11,3)4;/h2*5,9,11-12H,6-7H2,1-4H3;1H/b2*10-5-;.